The van der Waals surface area contributed by atoms with Crippen LogP contribution in [0.1, 0.15) is 36.8 Å². The summed E-state index contributed by atoms with van der Waals surface area (Å²) in [6, 6.07) is 9.81. The third-order valence-electron chi connectivity index (χ3n) is 3.02. The quantitative estimate of drug-likeness (QED) is 0.877. The summed E-state index contributed by atoms with van der Waals surface area (Å²) in [5, 5.41) is 6.89. The van der Waals surface area contributed by atoms with Crippen LogP contribution in [0.15, 0.2) is 34.9 Å². The lowest BCUT2D eigenvalue weighted by atomic mass is 10.0. The van der Waals surface area contributed by atoms with Crippen molar-refractivity contribution in [3.05, 3.63) is 47.3 Å². The minimum atomic E-state index is 0.00770. The average molecular weight is 304 g/mol. The van der Waals surface area contributed by atoms with Gasteiger partial charge in [0.1, 0.15) is 5.76 Å². The molecule has 5 heteroatoms. The summed E-state index contributed by atoms with van der Waals surface area (Å²) in [6.07, 6.45) is 0. The molecule has 0 fully saturated rings. The molecule has 0 unspecified atom stereocenters. The SMILES string of the molecule is Cc1cc(CSCC(=O)Nc2ccccc2C(C)C)no1. The standard InChI is InChI=1S/C16H20N2O2S/c1-11(2)14-6-4-5-7-15(14)17-16(19)10-21-9-13-8-12(3)20-18-13/h4-8,11H,9-10H2,1-3H3,(H,17,19). The van der Waals surface area contributed by atoms with Crippen molar-refractivity contribution < 1.29 is 9.32 Å². The minimum absolute atomic E-state index is 0.00770. The van der Waals surface area contributed by atoms with E-state index in [1.54, 1.807) is 0 Å². The van der Waals surface area contributed by atoms with E-state index >= 15 is 0 Å². The Balaban J connectivity index is 1.84. The number of nitrogens with one attached hydrogen (secondary N) is 1. The average Bonchev–Trinajstić information content (AvgIpc) is 2.85. The van der Waals surface area contributed by atoms with Crippen LogP contribution in [0.25, 0.3) is 0 Å². The molecule has 112 valence electrons. The molecule has 0 radical (unpaired) electrons. The van der Waals surface area contributed by atoms with Gasteiger partial charge in [0, 0.05) is 17.5 Å². The molecule has 0 aliphatic carbocycles. The molecule has 0 aliphatic heterocycles. The van der Waals surface area contributed by atoms with E-state index in [0.29, 0.717) is 17.4 Å². The topological polar surface area (TPSA) is 55.1 Å². The number of benzene rings is 1. The third-order valence-corrected chi connectivity index (χ3v) is 3.98. The molecule has 1 aromatic carbocycles. The van der Waals surface area contributed by atoms with E-state index in [4.69, 9.17) is 4.52 Å². The van der Waals surface area contributed by atoms with E-state index < -0.39 is 0 Å². The number of para-hydroxylation sites is 1. The third kappa shape index (κ3) is 4.63. The zero-order valence-corrected chi connectivity index (χ0v) is 13.4. The maximum Gasteiger partial charge on any atom is 0.234 e. The summed E-state index contributed by atoms with van der Waals surface area (Å²) in [5.74, 6) is 2.26. The molecule has 0 saturated carbocycles. The second-order valence-electron chi connectivity index (χ2n) is 5.21. The van der Waals surface area contributed by atoms with Crippen LogP contribution in [0, 0.1) is 6.92 Å². The van der Waals surface area contributed by atoms with E-state index in [1.807, 2.05) is 37.3 Å². The summed E-state index contributed by atoms with van der Waals surface area (Å²) in [7, 11) is 0. The van der Waals surface area contributed by atoms with Crippen molar-refractivity contribution in [3.63, 3.8) is 0 Å². The van der Waals surface area contributed by atoms with E-state index in [0.717, 1.165) is 22.7 Å². The van der Waals surface area contributed by atoms with Gasteiger partial charge in [-0.1, -0.05) is 37.2 Å². The molecule has 0 atom stereocenters. The highest BCUT2D eigenvalue weighted by Gasteiger charge is 2.09. The van der Waals surface area contributed by atoms with Gasteiger partial charge in [0.2, 0.25) is 5.91 Å². The lowest BCUT2D eigenvalue weighted by Crippen LogP contribution is -2.15. The first-order valence-electron chi connectivity index (χ1n) is 6.95. The number of aromatic nitrogens is 1. The fraction of sp³-hybridized carbons (Fsp3) is 0.375. The largest absolute Gasteiger partial charge is 0.361 e. The first kappa shape index (κ1) is 15.6. The monoisotopic (exact) mass is 304 g/mol. The Hall–Kier alpha value is -1.75. The molecule has 0 saturated heterocycles. The molecule has 2 rings (SSSR count). The van der Waals surface area contributed by atoms with E-state index in [-0.39, 0.29) is 5.91 Å². The molecule has 0 aliphatic rings. The zero-order chi connectivity index (χ0) is 15.2. The molecule has 1 aromatic heterocycles. The van der Waals surface area contributed by atoms with Gasteiger partial charge in [-0.2, -0.15) is 0 Å². The Morgan fingerprint density at radius 1 is 1.38 bits per heavy atom. The summed E-state index contributed by atoms with van der Waals surface area (Å²) in [4.78, 5) is 12.0. The number of amides is 1. The number of thioether (sulfide) groups is 1. The highest BCUT2D eigenvalue weighted by molar-refractivity contribution is 7.99. The second-order valence-corrected chi connectivity index (χ2v) is 6.20. The number of anilines is 1. The van der Waals surface area contributed by atoms with Gasteiger partial charge in [0.05, 0.1) is 11.4 Å². The summed E-state index contributed by atoms with van der Waals surface area (Å²) in [6.45, 7) is 6.09. The molecule has 0 bridgehead atoms. The Morgan fingerprint density at radius 3 is 2.81 bits per heavy atom. The van der Waals surface area contributed by atoms with Crippen molar-refractivity contribution in [2.75, 3.05) is 11.1 Å². The zero-order valence-electron chi connectivity index (χ0n) is 12.6. The number of carbonyl (C=O) groups is 1. The highest BCUT2D eigenvalue weighted by Crippen LogP contribution is 2.24. The summed E-state index contributed by atoms with van der Waals surface area (Å²) < 4.78 is 5.00. The van der Waals surface area contributed by atoms with Gasteiger partial charge in [-0.05, 0) is 24.5 Å². The molecule has 1 heterocycles. The van der Waals surface area contributed by atoms with Crippen molar-refractivity contribution in [2.24, 2.45) is 0 Å². The number of carbonyl (C=O) groups excluding carboxylic acids is 1. The Bertz CT molecular complexity index is 608. The molecular formula is C16H20N2O2S. The van der Waals surface area contributed by atoms with Gasteiger partial charge in [-0.15, -0.1) is 11.8 Å². The van der Waals surface area contributed by atoms with Gasteiger partial charge in [0.15, 0.2) is 0 Å². The Labute approximate surface area is 129 Å². The molecule has 21 heavy (non-hydrogen) atoms. The molecule has 0 spiro atoms. The maximum atomic E-state index is 12.0. The first-order valence-corrected chi connectivity index (χ1v) is 8.10. The predicted molar refractivity (Wildman–Crippen MR) is 86.6 cm³/mol. The predicted octanol–water partition coefficient (Wildman–Crippen LogP) is 3.98. The van der Waals surface area contributed by atoms with Crippen LogP contribution in [-0.2, 0) is 10.5 Å². The fourth-order valence-corrected chi connectivity index (χ4v) is 2.74. The van der Waals surface area contributed by atoms with Crippen LogP contribution in [0.5, 0.6) is 0 Å². The van der Waals surface area contributed by atoms with Crippen LogP contribution in [0.4, 0.5) is 5.69 Å². The van der Waals surface area contributed by atoms with Crippen molar-refractivity contribution in [3.8, 4) is 0 Å². The van der Waals surface area contributed by atoms with Crippen molar-refractivity contribution in [1.29, 1.82) is 0 Å². The van der Waals surface area contributed by atoms with Gasteiger partial charge < -0.3 is 9.84 Å². The normalized spacial score (nSPS) is 10.9. The van der Waals surface area contributed by atoms with E-state index in [9.17, 15) is 4.79 Å². The number of rotatable bonds is 6. The van der Waals surface area contributed by atoms with Crippen LogP contribution >= 0.6 is 11.8 Å². The van der Waals surface area contributed by atoms with E-state index in [1.165, 1.54) is 11.8 Å². The number of nitrogens with zero attached hydrogens (tertiary/aromatic N) is 1. The maximum absolute atomic E-state index is 12.0. The number of hydrogen-bond donors (Lipinski definition) is 1. The van der Waals surface area contributed by atoms with E-state index in [2.05, 4.69) is 24.3 Å². The summed E-state index contributed by atoms with van der Waals surface area (Å²) >= 11 is 1.53. The van der Waals surface area contributed by atoms with Crippen molar-refractivity contribution in [1.82, 2.24) is 5.16 Å². The fourth-order valence-electron chi connectivity index (χ4n) is 2.03. The molecule has 1 amide bonds. The lowest BCUT2D eigenvalue weighted by Gasteiger charge is -2.13. The van der Waals surface area contributed by atoms with Gasteiger partial charge in [-0.25, -0.2) is 0 Å². The lowest BCUT2D eigenvalue weighted by molar-refractivity contribution is -0.113. The minimum Gasteiger partial charge on any atom is -0.361 e. The van der Waals surface area contributed by atoms with Crippen molar-refractivity contribution >= 4 is 23.4 Å². The van der Waals surface area contributed by atoms with Crippen LogP contribution in [0.3, 0.4) is 0 Å². The van der Waals surface area contributed by atoms with Crippen LogP contribution < -0.4 is 5.32 Å². The summed E-state index contributed by atoms with van der Waals surface area (Å²) in [5.41, 5.74) is 2.92. The molecular weight excluding hydrogens is 284 g/mol. The molecule has 2 aromatic rings. The van der Waals surface area contributed by atoms with Gasteiger partial charge in [-0.3, -0.25) is 4.79 Å². The Kier molecular flexibility index (Phi) is 5.44. The first-order chi connectivity index (χ1) is 10.1. The Morgan fingerprint density at radius 2 is 2.14 bits per heavy atom. The highest BCUT2D eigenvalue weighted by atomic mass is 32.2. The van der Waals surface area contributed by atoms with Crippen LogP contribution in [-0.4, -0.2) is 16.8 Å². The van der Waals surface area contributed by atoms with Crippen molar-refractivity contribution in [2.45, 2.75) is 32.4 Å². The van der Waals surface area contributed by atoms with Gasteiger partial charge in [0.25, 0.3) is 0 Å². The molecule has 4 nitrogen and oxygen atoms in total. The smallest absolute Gasteiger partial charge is 0.234 e. The second kappa shape index (κ2) is 7.31. The number of hydrogen-bond acceptors (Lipinski definition) is 4. The number of aryl methyl sites for hydroxylation is 1. The van der Waals surface area contributed by atoms with Gasteiger partial charge >= 0.3 is 0 Å². The van der Waals surface area contributed by atoms with Crippen LogP contribution in [0.2, 0.25) is 0 Å². The molecule has 1 N–H and O–H groups in total.